The van der Waals surface area contributed by atoms with Crippen molar-refractivity contribution in [3.63, 3.8) is 0 Å². The van der Waals surface area contributed by atoms with E-state index in [4.69, 9.17) is 15.6 Å². The molecule has 8 nitrogen and oxygen atoms in total. The Labute approximate surface area is 109 Å². The van der Waals surface area contributed by atoms with E-state index in [1.807, 2.05) is 0 Å². The normalized spacial score (nSPS) is 19.2. The second-order valence-corrected chi connectivity index (χ2v) is 4.19. The molecule has 1 amide bonds. The number of nitrogens with two attached hydrogens (primary N) is 1. The van der Waals surface area contributed by atoms with E-state index in [0.717, 1.165) is 0 Å². The molecule has 3 N–H and O–H groups in total. The first kappa shape index (κ1) is 13.2. The minimum absolute atomic E-state index is 0.114. The van der Waals surface area contributed by atoms with E-state index in [0.29, 0.717) is 18.8 Å². The second kappa shape index (κ2) is 5.19. The van der Waals surface area contributed by atoms with Crippen LogP contribution in [0.15, 0.2) is 6.07 Å². The summed E-state index contributed by atoms with van der Waals surface area (Å²) in [5.41, 5.74) is 5.70. The topological polar surface area (TPSA) is 119 Å². The zero-order chi connectivity index (χ0) is 14.0. The van der Waals surface area contributed by atoms with Gasteiger partial charge in [0.25, 0.3) is 0 Å². The van der Waals surface area contributed by atoms with E-state index in [2.05, 4.69) is 9.97 Å². The molecular formula is C11H14N4O4. The molecule has 0 saturated carbocycles. The Balaban J connectivity index is 2.38. The quantitative estimate of drug-likeness (QED) is 0.733. The van der Waals surface area contributed by atoms with Crippen molar-refractivity contribution in [2.45, 2.75) is 13.0 Å². The van der Waals surface area contributed by atoms with E-state index in [1.54, 1.807) is 11.8 Å². The lowest BCUT2D eigenvalue weighted by molar-refractivity contribution is -0.121. The van der Waals surface area contributed by atoms with Crippen LogP contribution >= 0.6 is 0 Å². The van der Waals surface area contributed by atoms with Gasteiger partial charge in [-0.1, -0.05) is 0 Å². The number of amides is 1. The first-order chi connectivity index (χ1) is 8.99. The van der Waals surface area contributed by atoms with Gasteiger partial charge in [0.1, 0.15) is 6.04 Å². The van der Waals surface area contributed by atoms with Crippen LogP contribution in [0.5, 0.6) is 0 Å². The highest BCUT2D eigenvalue weighted by molar-refractivity contribution is 5.86. The minimum atomic E-state index is -1.14. The van der Waals surface area contributed by atoms with Crippen molar-refractivity contribution in [3.8, 4) is 0 Å². The SMILES string of the molecule is Cc1cc(C(=O)O)nc(N2CCOCC2C(N)=O)n1. The summed E-state index contributed by atoms with van der Waals surface area (Å²) in [5, 5.41) is 8.98. The zero-order valence-corrected chi connectivity index (χ0v) is 10.4. The highest BCUT2D eigenvalue weighted by Crippen LogP contribution is 2.16. The smallest absolute Gasteiger partial charge is 0.354 e. The van der Waals surface area contributed by atoms with Gasteiger partial charge in [-0.25, -0.2) is 14.8 Å². The van der Waals surface area contributed by atoms with Gasteiger partial charge >= 0.3 is 5.97 Å². The Morgan fingerprint density at radius 2 is 2.26 bits per heavy atom. The molecule has 102 valence electrons. The van der Waals surface area contributed by atoms with Crippen LogP contribution in [0.2, 0.25) is 0 Å². The van der Waals surface area contributed by atoms with Gasteiger partial charge in [-0.2, -0.15) is 0 Å². The summed E-state index contributed by atoms with van der Waals surface area (Å²) in [7, 11) is 0. The summed E-state index contributed by atoms with van der Waals surface area (Å²) in [6.07, 6.45) is 0. The number of aryl methyl sites for hydroxylation is 1. The monoisotopic (exact) mass is 266 g/mol. The van der Waals surface area contributed by atoms with Gasteiger partial charge in [-0.15, -0.1) is 0 Å². The van der Waals surface area contributed by atoms with Crippen LogP contribution in [-0.4, -0.2) is 52.8 Å². The number of hydrogen-bond donors (Lipinski definition) is 2. The Morgan fingerprint density at radius 1 is 1.53 bits per heavy atom. The van der Waals surface area contributed by atoms with E-state index < -0.39 is 17.9 Å². The molecule has 1 saturated heterocycles. The van der Waals surface area contributed by atoms with E-state index in [1.165, 1.54) is 6.07 Å². The van der Waals surface area contributed by atoms with Crippen molar-refractivity contribution in [1.29, 1.82) is 0 Å². The third-order valence-electron chi connectivity index (χ3n) is 2.78. The summed E-state index contributed by atoms with van der Waals surface area (Å²) in [5.74, 6) is -1.51. The summed E-state index contributed by atoms with van der Waals surface area (Å²) in [4.78, 5) is 32.0. The number of rotatable bonds is 3. The van der Waals surface area contributed by atoms with Crippen molar-refractivity contribution in [3.05, 3.63) is 17.5 Å². The number of aromatic nitrogens is 2. The van der Waals surface area contributed by atoms with Crippen molar-refractivity contribution in [1.82, 2.24) is 9.97 Å². The molecule has 1 aliphatic heterocycles. The van der Waals surface area contributed by atoms with Crippen LogP contribution in [0.25, 0.3) is 0 Å². The fraction of sp³-hybridized carbons (Fsp3) is 0.455. The van der Waals surface area contributed by atoms with Gasteiger partial charge in [-0.05, 0) is 13.0 Å². The van der Waals surface area contributed by atoms with Crippen LogP contribution in [0, 0.1) is 6.92 Å². The number of carboxylic acids is 1. The Kier molecular flexibility index (Phi) is 3.61. The zero-order valence-electron chi connectivity index (χ0n) is 10.4. The van der Waals surface area contributed by atoms with Crippen LogP contribution in [0.3, 0.4) is 0 Å². The number of carbonyl (C=O) groups excluding carboxylic acids is 1. The molecule has 1 fully saturated rings. The number of nitrogens with zero attached hydrogens (tertiary/aromatic N) is 3. The molecule has 1 atom stereocenters. The van der Waals surface area contributed by atoms with Gasteiger partial charge in [-0.3, -0.25) is 4.79 Å². The van der Waals surface area contributed by atoms with Crippen LogP contribution in [0.4, 0.5) is 5.95 Å². The number of morpholine rings is 1. The number of carbonyl (C=O) groups is 2. The summed E-state index contributed by atoms with van der Waals surface area (Å²) in [6, 6.07) is 0.683. The average Bonchev–Trinajstić information content (AvgIpc) is 2.37. The number of hydrogen-bond acceptors (Lipinski definition) is 6. The van der Waals surface area contributed by atoms with E-state index in [-0.39, 0.29) is 18.2 Å². The highest BCUT2D eigenvalue weighted by atomic mass is 16.5. The van der Waals surface area contributed by atoms with Gasteiger partial charge in [0, 0.05) is 12.2 Å². The predicted octanol–water partition coefficient (Wildman–Crippen LogP) is -0.826. The summed E-state index contributed by atoms with van der Waals surface area (Å²) < 4.78 is 5.19. The standard InChI is InChI=1S/C11H14N4O4/c1-6-4-7(10(17)18)14-11(13-6)15-2-3-19-5-8(15)9(12)16/h4,8H,2-3,5H2,1H3,(H2,12,16)(H,17,18). The highest BCUT2D eigenvalue weighted by Gasteiger charge is 2.30. The average molecular weight is 266 g/mol. The molecule has 0 spiro atoms. The molecule has 19 heavy (non-hydrogen) atoms. The summed E-state index contributed by atoms with van der Waals surface area (Å²) in [6.45, 7) is 2.60. The largest absolute Gasteiger partial charge is 0.477 e. The van der Waals surface area contributed by atoms with Gasteiger partial charge in [0.2, 0.25) is 11.9 Å². The lowest BCUT2D eigenvalue weighted by Gasteiger charge is -2.33. The lowest BCUT2D eigenvalue weighted by atomic mass is 10.2. The second-order valence-electron chi connectivity index (χ2n) is 4.19. The number of aromatic carboxylic acids is 1. The maximum absolute atomic E-state index is 11.4. The van der Waals surface area contributed by atoms with E-state index >= 15 is 0 Å². The van der Waals surface area contributed by atoms with Gasteiger partial charge in [0.15, 0.2) is 5.69 Å². The Morgan fingerprint density at radius 3 is 2.89 bits per heavy atom. The molecule has 0 radical (unpaired) electrons. The van der Waals surface area contributed by atoms with Gasteiger partial charge in [0.05, 0.1) is 13.2 Å². The van der Waals surface area contributed by atoms with Crippen LogP contribution < -0.4 is 10.6 Å². The molecule has 1 aliphatic rings. The number of ether oxygens (including phenoxy) is 1. The lowest BCUT2D eigenvalue weighted by Crippen LogP contribution is -2.53. The van der Waals surface area contributed by atoms with Crippen LogP contribution in [-0.2, 0) is 9.53 Å². The first-order valence-corrected chi connectivity index (χ1v) is 5.71. The molecular weight excluding hydrogens is 252 g/mol. The molecule has 0 aromatic carbocycles. The molecule has 2 rings (SSSR count). The molecule has 0 aliphatic carbocycles. The van der Waals surface area contributed by atoms with E-state index in [9.17, 15) is 9.59 Å². The molecule has 2 heterocycles. The molecule has 1 unspecified atom stereocenters. The fourth-order valence-corrected chi connectivity index (χ4v) is 1.87. The Hall–Kier alpha value is -2.22. The first-order valence-electron chi connectivity index (χ1n) is 5.71. The number of carboxylic acid groups (broad SMARTS) is 1. The van der Waals surface area contributed by atoms with Crippen molar-refractivity contribution >= 4 is 17.8 Å². The third kappa shape index (κ3) is 2.79. The van der Waals surface area contributed by atoms with Crippen molar-refractivity contribution < 1.29 is 19.4 Å². The molecule has 1 aromatic heterocycles. The number of anilines is 1. The molecule has 0 bridgehead atoms. The van der Waals surface area contributed by atoms with Gasteiger partial charge < -0.3 is 20.5 Å². The molecule has 8 heteroatoms. The Bertz CT molecular complexity index is 519. The maximum Gasteiger partial charge on any atom is 0.354 e. The number of primary amides is 1. The fourth-order valence-electron chi connectivity index (χ4n) is 1.87. The predicted molar refractivity (Wildman–Crippen MR) is 64.9 cm³/mol. The maximum atomic E-state index is 11.4. The molecule has 1 aromatic rings. The third-order valence-corrected chi connectivity index (χ3v) is 2.78. The van der Waals surface area contributed by atoms with Crippen molar-refractivity contribution in [2.24, 2.45) is 5.73 Å². The summed E-state index contributed by atoms with van der Waals surface area (Å²) >= 11 is 0. The van der Waals surface area contributed by atoms with Crippen molar-refractivity contribution in [2.75, 3.05) is 24.7 Å². The minimum Gasteiger partial charge on any atom is -0.477 e. The van der Waals surface area contributed by atoms with Crippen LogP contribution in [0.1, 0.15) is 16.2 Å².